The fourth-order valence-electron chi connectivity index (χ4n) is 3.93. The zero-order chi connectivity index (χ0) is 17.6. The molecule has 1 saturated carbocycles. The minimum absolute atomic E-state index is 0.149. The number of aromatic nitrogens is 1. The van der Waals surface area contributed by atoms with Crippen molar-refractivity contribution in [3.8, 4) is 0 Å². The van der Waals surface area contributed by atoms with Gasteiger partial charge >= 0.3 is 5.97 Å². The fraction of sp³-hybridized carbons (Fsp3) is 0.474. The van der Waals surface area contributed by atoms with Crippen LogP contribution >= 0.6 is 0 Å². The van der Waals surface area contributed by atoms with Gasteiger partial charge in [-0.15, -0.1) is 0 Å². The predicted molar refractivity (Wildman–Crippen MR) is 93.8 cm³/mol. The molecule has 1 saturated heterocycles. The molecule has 2 aliphatic rings. The molecule has 0 amide bonds. The Kier molecular flexibility index (Phi) is 4.07. The lowest BCUT2D eigenvalue weighted by Crippen LogP contribution is -2.41. The van der Waals surface area contributed by atoms with Crippen LogP contribution in [-0.2, 0) is 9.53 Å². The molecule has 25 heavy (non-hydrogen) atoms. The topological polar surface area (TPSA) is 54.5 Å². The van der Waals surface area contributed by atoms with Crippen LogP contribution in [0.5, 0.6) is 0 Å². The van der Waals surface area contributed by atoms with Gasteiger partial charge in [-0.3, -0.25) is 14.7 Å². The van der Waals surface area contributed by atoms with E-state index in [0.717, 1.165) is 29.7 Å². The van der Waals surface area contributed by atoms with Gasteiger partial charge in [0.15, 0.2) is 0 Å². The van der Waals surface area contributed by atoms with Crippen LogP contribution in [0.4, 0.5) is 10.1 Å². The molecule has 1 aliphatic carbocycles. The number of fused-ring (bicyclic) bond motifs is 2. The van der Waals surface area contributed by atoms with E-state index >= 15 is 0 Å². The van der Waals surface area contributed by atoms with Crippen LogP contribution in [0.1, 0.15) is 13.8 Å². The van der Waals surface area contributed by atoms with Crippen molar-refractivity contribution >= 4 is 22.6 Å². The van der Waals surface area contributed by atoms with Gasteiger partial charge in [-0.05, 0) is 49.9 Å². The lowest BCUT2D eigenvalue weighted by Gasteiger charge is -2.25. The summed E-state index contributed by atoms with van der Waals surface area (Å²) in [4.78, 5) is 18.4. The summed E-state index contributed by atoms with van der Waals surface area (Å²) >= 11 is 0. The van der Waals surface area contributed by atoms with Crippen molar-refractivity contribution in [2.75, 3.05) is 25.0 Å². The second-order valence-corrected chi connectivity index (χ2v) is 6.90. The van der Waals surface area contributed by atoms with Crippen molar-refractivity contribution in [1.29, 1.82) is 0 Å². The highest BCUT2D eigenvalue weighted by atomic mass is 19.1. The summed E-state index contributed by atoms with van der Waals surface area (Å²) < 4.78 is 18.7. The zero-order valence-electron chi connectivity index (χ0n) is 14.4. The Labute approximate surface area is 146 Å². The number of nitrogens with one attached hydrogen (secondary N) is 1. The van der Waals surface area contributed by atoms with E-state index < -0.39 is 0 Å². The molecule has 3 atom stereocenters. The monoisotopic (exact) mass is 343 g/mol. The lowest BCUT2D eigenvalue weighted by molar-refractivity contribution is -0.148. The first-order valence-electron chi connectivity index (χ1n) is 8.80. The summed E-state index contributed by atoms with van der Waals surface area (Å²) in [7, 11) is 0. The second-order valence-electron chi connectivity index (χ2n) is 6.90. The molecule has 0 bridgehead atoms. The van der Waals surface area contributed by atoms with Crippen molar-refractivity contribution in [3.63, 3.8) is 0 Å². The van der Waals surface area contributed by atoms with Gasteiger partial charge in [0.2, 0.25) is 0 Å². The van der Waals surface area contributed by atoms with Gasteiger partial charge in [-0.2, -0.15) is 0 Å². The summed E-state index contributed by atoms with van der Waals surface area (Å²) in [6, 6.07) is 6.74. The van der Waals surface area contributed by atoms with Crippen LogP contribution in [0, 0.1) is 17.7 Å². The van der Waals surface area contributed by atoms with Gasteiger partial charge in [0.05, 0.1) is 12.1 Å². The predicted octanol–water partition coefficient (Wildman–Crippen LogP) is 2.67. The number of anilines is 1. The van der Waals surface area contributed by atoms with Gasteiger partial charge < -0.3 is 10.1 Å². The van der Waals surface area contributed by atoms with Crippen molar-refractivity contribution in [2.24, 2.45) is 11.8 Å². The van der Waals surface area contributed by atoms with E-state index in [1.54, 1.807) is 12.3 Å². The van der Waals surface area contributed by atoms with E-state index in [9.17, 15) is 9.18 Å². The first-order chi connectivity index (χ1) is 12.1. The summed E-state index contributed by atoms with van der Waals surface area (Å²) in [6.07, 6.45) is 1.75. The normalized spacial score (nSPS) is 26.3. The third kappa shape index (κ3) is 2.95. The SMILES string of the molecule is CCOC(=O)C(C)N1CC2C(C1)C2Nc1ccnc2ccc(F)cc12. The summed E-state index contributed by atoms with van der Waals surface area (Å²) in [6.45, 7) is 5.93. The minimum Gasteiger partial charge on any atom is -0.465 e. The van der Waals surface area contributed by atoms with Gasteiger partial charge in [-0.25, -0.2) is 4.39 Å². The highest BCUT2D eigenvalue weighted by Gasteiger charge is 2.57. The fourth-order valence-corrected chi connectivity index (χ4v) is 3.93. The molecule has 1 N–H and O–H groups in total. The van der Waals surface area contributed by atoms with Crippen LogP contribution in [0.15, 0.2) is 30.5 Å². The van der Waals surface area contributed by atoms with Gasteiger partial charge in [0, 0.05) is 36.4 Å². The van der Waals surface area contributed by atoms with Crippen molar-refractivity contribution < 1.29 is 13.9 Å². The molecule has 6 heteroatoms. The second kappa shape index (κ2) is 6.26. The van der Waals surface area contributed by atoms with E-state index in [0.29, 0.717) is 24.5 Å². The quantitative estimate of drug-likeness (QED) is 0.846. The maximum absolute atomic E-state index is 13.6. The van der Waals surface area contributed by atoms with E-state index in [4.69, 9.17) is 4.74 Å². The number of ether oxygens (including phenoxy) is 1. The van der Waals surface area contributed by atoms with Crippen LogP contribution in [0.25, 0.3) is 10.9 Å². The molecule has 132 valence electrons. The Hall–Kier alpha value is -2.21. The van der Waals surface area contributed by atoms with Crippen LogP contribution in [-0.4, -0.2) is 47.6 Å². The van der Waals surface area contributed by atoms with Gasteiger partial charge in [0.25, 0.3) is 0 Å². The molecular weight excluding hydrogens is 321 g/mol. The largest absolute Gasteiger partial charge is 0.465 e. The third-order valence-electron chi connectivity index (χ3n) is 5.42. The average molecular weight is 343 g/mol. The molecule has 1 aliphatic heterocycles. The minimum atomic E-state index is -0.256. The molecule has 2 aromatic rings. The Morgan fingerprint density at radius 2 is 2.16 bits per heavy atom. The molecule has 0 spiro atoms. The molecule has 3 unspecified atom stereocenters. The molecule has 1 aromatic heterocycles. The molecule has 0 radical (unpaired) electrons. The van der Waals surface area contributed by atoms with E-state index in [1.165, 1.54) is 12.1 Å². The number of carbonyl (C=O) groups excluding carboxylic acids is 1. The maximum atomic E-state index is 13.6. The Balaban J connectivity index is 1.42. The van der Waals surface area contributed by atoms with Crippen LogP contribution in [0.2, 0.25) is 0 Å². The van der Waals surface area contributed by atoms with Crippen LogP contribution < -0.4 is 5.32 Å². The highest BCUT2D eigenvalue weighted by Crippen LogP contribution is 2.48. The number of esters is 1. The summed E-state index contributed by atoms with van der Waals surface area (Å²) in [5.41, 5.74) is 1.71. The smallest absolute Gasteiger partial charge is 0.323 e. The Morgan fingerprint density at radius 1 is 1.40 bits per heavy atom. The number of nitrogens with zero attached hydrogens (tertiary/aromatic N) is 2. The number of benzene rings is 1. The van der Waals surface area contributed by atoms with Crippen molar-refractivity contribution in [1.82, 2.24) is 9.88 Å². The molecule has 2 heterocycles. The number of likely N-dealkylation sites (tertiary alicyclic amines) is 1. The first-order valence-corrected chi connectivity index (χ1v) is 8.80. The standard InChI is InChI=1S/C19H22FN3O2/c1-3-25-19(24)11(2)23-9-14-15(10-23)18(14)22-17-6-7-21-16-5-4-12(20)8-13(16)17/h4-8,11,14-15,18H,3,9-10H2,1-2H3,(H,21,22). The number of hydrogen-bond donors (Lipinski definition) is 1. The first kappa shape index (κ1) is 16.3. The van der Waals surface area contributed by atoms with E-state index in [2.05, 4.69) is 15.2 Å². The van der Waals surface area contributed by atoms with E-state index in [1.807, 2.05) is 19.9 Å². The average Bonchev–Trinajstić information content (AvgIpc) is 3.04. The zero-order valence-corrected chi connectivity index (χ0v) is 14.4. The van der Waals surface area contributed by atoms with Gasteiger partial charge in [0.1, 0.15) is 11.9 Å². The summed E-state index contributed by atoms with van der Waals surface area (Å²) in [5, 5.41) is 4.36. The molecule has 2 fully saturated rings. The molecule has 1 aromatic carbocycles. The maximum Gasteiger partial charge on any atom is 0.323 e. The van der Waals surface area contributed by atoms with Crippen molar-refractivity contribution in [3.05, 3.63) is 36.3 Å². The Morgan fingerprint density at radius 3 is 2.88 bits per heavy atom. The third-order valence-corrected chi connectivity index (χ3v) is 5.42. The number of rotatable bonds is 5. The van der Waals surface area contributed by atoms with E-state index in [-0.39, 0.29) is 17.8 Å². The Bertz CT molecular complexity index is 800. The number of pyridine rings is 1. The number of carbonyl (C=O) groups is 1. The number of piperidine rings is 1. The molecule has 4 rings (SSSR count). The van der Waals surface area contributed by atoms with Crippen LogP contribution in [0.3, 0.4) is 0 Å². The number of halogens is 1. The number of hydrogen-bond acceptors (Lipinski definition) is 5. The summed E-state index contributed by atoms with van der Waals surface area (Å²) in [5.74, 6) is 0.639. The molecule has 5 nitrogen and oxygen atoms in total. The lowest BCUT2D eigenvalue weighted by atomic mass is 10.1. The van der Waals surface area contributed by atoms with Gasteiger partial charge in [-0.1, -0.05) is 0 Å². The molecular formula is C19H22FN3O2. The van der Waals surface area contributed by atoms with Crippen molar-refractivity contribution in [2.45, 2.75) is 25.9 Å². The highest BCUT2D eigenvalue weighted by molar-refractivity contribution is 5.91.